The number of rotatable bonds is 3. The molecule has 0 aliphatic heterocycles. The van der Waals surface area contributed by atoms with E-state index in [4.69, 9.17) is 0 Å². The summed E-state index contributed by atoms with van der Waals surface area (Å²) < 4.78 is 0. The Labute approximate surface area is 165 Å². The minimum atomic E-state index is -0.0677. The number of aryl methyl sites for hydroxylation is 2. The van der Waals surface area contributed by atoms with Crippen LogP contribution >= 0.6 is 0 Å². The minimum Gasteiger partial charge on any atom is -0.508 e. The molecule has 2 nitrogen and oxygen atoms in total. The van der Waals surface area contributed by atoms with Gasteiger partial charge < -0.3 is 10.2 Å². The van der Waals surface area contributed by atoms with Crippen LogP contribution in [-0.4, -0.2) is 10.2 Å². The highest BCUT2D eigenvalue weighted by Gasteiger charge is 2.29. The standard InChI is InChI=1S/C25H36O2/c1-10-17(18-11-15(2)22(26)13-20(18)24(4,5)6)19-12-16(3)23(27)14-21(19)25(7,8)9/h11-14,17,26-27H,10H2,1-9H3. The second kappa shape index (κ2) is 7.22. The molecule has 2 aromatic rings. The molecule has 0 aromatic heterocycles. The second-order valence-electron chi connectivity index (χ2n) is 9.91. The van der Waals surface area contributed by atoms with E-state index in [1.165, 1.54) is 22.3 Å². The lowest BCUT2D eigenvalue weighted by atomic mass is 9.72. The van der Waals surface area contributed by atoms with E-state index in [9.17, 15) is 10.2 Å². The van der Waals surface area contributed by atoms with E-state index >= 15 is 0 Å². The summed E-state index contributed by atoms with van der Waals surface area (Å²) >= 11 is 0. The maximum Gasteiger partial charge on any atom is 0.118 e. The Hall–Kier alpha value is -1.96. The minimum absolute atomic E-state index is 0.0677. The van der Waals surface area contributed by atoms with Gasteiger partial charge in [0, 0.05) is 5.92 Å². The summed E-state index contributed by atoms with van der Waals surface area (Å²) in [4.78, 5) is 0. The molecule has 0 radical (unpaired) electrons. The van der Waals surface area contributed by atoms with Crippen molar-refractivity contribution in [1.29, 1.82) is 0 Å². The van der Waals surface area contributed by atoms with Crippen molar-refractivity contribution >= 4 is 0 Å². The third kappa shape index (κ3) is 4.31. The van der Waals surface area contributed by atoms with Crippen molar-refractivity contribution in [3.63, 3.8) is 0 Å². The first-order chi connectivity index (χ1) is 12.3. The van der Waals surface area contributed by atoms with Gasteiger partial charge in [0.05, 0.1) is 0 Å². The molecule has 0 bridgehead atoms. The molecule has 0 saturated heterocycles. The molecule has 0 spiro atoms. The zero-order valence-corrected chi connectivity index (χ0v) is 18.5. The fourth-order valence-electron chi connectivity index (χ4n) is 3.92. The highest BCUT2D eigenvalue weighted by Crippen LogP contribution is 2.43. The van der Waals surface area contributed by atoms with Crippen LogP contribution in [0.15, 0.2) is 24.3 Å². The van der Waals surface area contributed by atoms with Crippen LogP contribution in [0.2, 0.25) is 0 Å². The van der Waals surface area contributed by atoms with Gasteiger partial charge in [-0.3, -0.25) is 0 Å². The second-order valence-corrected chi connectivity index (χ2v) is 9.91. The van der Waals surface area contributed by atoms with Gasteiger partial charge in [0.2, 0.25) is 0 Å². The number of phenolic OH excluding ortho intramolecular Hbond substituents is 2. The molecule has 2 aromatic carbocycles. The van der Waals surface area contributed by atoms with Crippen LogP contribution in [0.5, 0.6) is 11.5 Å². The van der Waals surface area contributed by atoms with Crippen molar-refractivity contribution in [3.05, 3.63) is 57.6 Å². The van der Waals surface area contributed by atoms with Crippen LogP contribution in [0, 0.1) is 13.8 Å². The van der Waals surface area contributed by atoms with E-state index in [1.54, 1.807) is 0 Å². The van der Waals surface area contributed by atoms with Crippen molar-refractivity contribution in [3.8, 4) is 11.5 Å². The van der Waals surface area contributed by atoms with Gasteiger partial charge in [-0.1, -0.05) is 60.6 Å². The van der Waals surface area contributed by atoms with Crippen molar-refractivity contribution in [1.82, 2.24) is 0 Å². The van der Waals surface area contributed by atoms with E-state index in [1.807, 2.05) is 26.0 Å². The van der Waals surface area contributed by atoms with Gasteiger partial charge in [-0.05, 0) is 76.6 Å². The van der Waals surface area contributed by atoms with Crippen LogP contribution in [0.4, 0.5) is 0 Å². The molecular formula is C25H36O2. The van der Waals surface area contributed by atoms with Crippen LogP contribution in [0.25, 0.3) is 0 Å². The normalized spacial score (nSPS) is 12.7. The molecule has 148 valence electrons. The van der Waals surface area contributed by atoms with Gasteiger partial charge >= 0.3 is 0 Å². The molecule has 2 rings (SSSR count). The number of phenols is 2. The largest absolute Gasteiger partial charge is 0.508 e. The van der Waals surface area contributed by atoms with Crippen molar-refractivity contribution < 1.29 is 10.2 Å². The Kier molecular flexibility index (Phi) is 5.71. The predicted octanol–water partition coefficient (Wildman–Crippen LogP) is 6.85. The summed E-state index contributed by atoms with van der Waals surface area (Å²) in [5.74, 6) is 0.931. The average molecular weight is 369 g/mol. The van der Waals surface area contributed by atoms with Crippen LogP contribution in [-0.2, 0) is 10.8 Å². The third-order valence-electron chi connectivity index (χ3n) is 5.51. The summed E-state index contributed by atoms with van der Waals surface area (Å²) in [6.07, 6.45) is 0.959. The molecule has 2 N–H and O–H groups in total. The highest BCUT2D eigenvalue weighted by atomic mass is 16.3. The Morgan fingerprint density at radius 2 is 1.04 bits per heavy atom. The maximum atomic E-state index is 10.3. The van der Waals surface area contributed by atoms with Gasteiger partial charge in [-0.15, -0.1) is 0 Å². The fraction of sp³-hybridized carbons (Fsp3) is 0.520. The summed E-state index contributed by atoms with van der Waals surface area (Å²) in [6.45, 7) is 19.3. The smallest absolute Gasteiger partial charge is 0.118 e. The van der Waals surface area contributed by atoms with E-state index in [2.05, 4.69) is 60.6 Å². The van der Waals surface area contributed by atoms with Gasteiger partial charge in [-0.2, -0.15) is 0 Å². The van der Waals surface area contributed by atoms with Gasteiger partial charge in [0.15, 0.2) is 0 Å². The van der Waals surface area contributed by atoms with Crippen molar-refractivity contribution in [2.75, 3.05) is 0 Å². The molecule has 0 fully saturated rings. The molecule has 0 unspecified atom stereocenters. The third-order valence-corrected chi connectivity index (χ3v) is 5.51. The van der Waals surface area contributed by atoms with Gasteiger partial charge in [0.25, 0.3) is 0 Å². The number of aromatic hydroxyl groups is 2. The van der Waals surface area contributed by atoms with E-state index in [-0.39, 0.29) is 16.7 Å². The molecular weight excluding hydrogens is 332 g/mol. The maximum absolute atomic E-state index is 10.3. The average Bonchev–Trinajstić information content (AvgIpc) is 2.52. The predicted molar refractivity (Wildman–Crippen MR) is 115 cm³/mol. The summed E-state index contributed by atoms with van der Waals surface area (Å²) in [6, 6.07) is 8.19. The SMILES string of the molecule is CCC(c1cc(C)c(O)cc1C(C)(C)C)c1cc(C)c(O)cc1C(C)(C)C. The monoisotopic (exact) mass is 368 g/mol. The van der Waals surface area contributed by atoms with Crippen LogP contribution in [0.3, 0.4) is 0 Å². The number of benzene rings is 2. The molecule has 0 saturated carbocycles. The van der Waals surface area contributed by atoms with Crippen molar-refractivity contribution in [2.24, 2.45) is 0 Å². The van der Waals surface area contributed by atoms with E-state index in [0.717, 1.165) is 17.5 Å². The summed E-state index contributed by atoms with van der Waals surface area (Å²) in [5.41, 5.74) is 6.59. The molecule has 27 heavy (non-hydrogen) atoms. The molecule has 0 atom stereocenters. The zero-order chi connectivity index (χ0) is 20.7. The fourth-order valence-corrected chi connectivity index (χ4v) is 3.92. The highest BCUT2D eigenvalue weighted by molar-refractivity contribution is 5.53. The van der Waals surface area contributed by atoms with Crippen LogP contribution in [0.1, 0.15) is 94.2 Å². The molecule has 2 heteroatoms. The summed E-state index contributed by atoms with van der Waals surface area (Å²) in [7, 11) is 0. The molecule has 0 aliphatic rings. The topological polar surface area (TPSA) is 40.5 Å². The molecule has 0 aliphatic carbocycles. The number of hydrogen-bond acceptors (Lipinski definition) is 2. The lowest BCUT2D eigenvalue weighted by Crippen LogP contribution is -2.20. The van der Waals surface area contributed by atoms with Gasteiger partial charge in [0.1, 0.15) is 11.5 Å². The Balaban J connectivity index is 2.83. The quantitative estimate of drug-likeness (QED) is 0.622. The summed E-state index contributed by atoms with van der Waals surface area (Å²) in [5, 5.41) is 20.7. The van der Waals surface area contributed by atoms with Crippen molar-refractivity contribution in [2.45, 2.75) is 85.5 Å². The van der Waals surface area contributed by atoms with E-state index in [0.29, 0.717) is 11.5 Å². The lowest BCUT2D eigenvalue weighted by Gasteiger charge is -2.32. The lowest BCUT2D eigenvalue weighted by molar-refractivity contribution is 0.463. The molecule has 0 amide bonds. The Morgan fingerprint density at radius 1 is 0.704 bits per heavy atom. The zero-order valence-electron chi connectivity index (χ0n) is 18.5. The van der Waals surface area contributed by atoms with Crippen LogP contribution < -0.4 is 0 Å². The first-order valence-electron chi connectivity index (χ1n) is 9.95. The van der Waals surface area contributed by atoms with E-state index < -0.39 is 0 Å². The first kappa shape index (κ1) is 21.3. The Morgan fingerprint density at radius 3 is 1.30 bits per heavy atom. The Bertz CT molecular complexity index is 763. The number of hydrogen-bond donors (Lipinski definition) is 2. The van der Waals surface area contributed by atoms with Gasteiger partial charge in [-0.25, -0.2) is 0 Å². The molecule has 0 heterocycles. The first-order valence-corrected chi connectivity index (χ1v) is 9.95.